The molecule has 1 fully saturated rings. The first-order chi connectivity index (χ1) is 8.75. The molecule has 1 unspecified atom stereocenters. The minimum atomic E-state index is -3.65. The zero-order valence-electron chi connectivity index (χ0n) is 10.8. The molecular weight excluding hydrogens is 268 g/mol. The second-order valence-electron chi connectivity index (χ2n) is 5.09. The molecule has 0 bridgehead atoms. The molecule has 0 aromatic carbocycles. The zero-order valence-corrected chi connectivity index (χ0v) is 11.6. The second-order valence-corrected chi connectivity index (χ2v) is 7.03. The van der Waals surface area contributed by atoms with Crippen LogP contribution in [0.2, 0.25) is 0 Å². The van der Waals surface area contributed by atoms with Crippen LogP contribution < -0.4 is 0 Å². The molecule has 1 aromatic rings. The summed E-state index contributed by atoms with van der Waals surface area (Å²) in [6.45, 7) is 3.56. The number of aliphatic carboxylic acids is 1. The lowest BCUT2D eigenvalue weighted by molar-refractivity contribution is -0.146. The predicted molar refractivity (Wildman–Crippen MR) is 68.1 cm³/mol. The van der Waals surface area contributed by atoms with E-state index in [9.17, 15) is 13.2 Å². The molecule has 1 N–H and O–H groups in total. The maximum absolute atomic E-state index is 12.3. The molecule has 0 amide bonds. The lowest BCUT2D eigenvalue weighted by atomic mass is 9.90. The zero-order chi connectivity index (χ0) is 14.3. The molecule has 7 heteroatoms. The number of pyridine rings is 1. The largest absolute Gasteiger partial charge is 0.481 e. The average molecular weight is 284 g/mol. The minimum absolute atomic E-state index is 0.00145. The highest BCUT2D eigenvalue weighted by molar-refractivity contribution is 7.89. The van der Waals surface area contributed by atoms with Gasteiger partial charge >= 0.3 is 5.97 Å². The summed E-state index contributed by atoms with van der Waals surface area (Å²) in [5, 5.41) is 9.13. The molecule has 0 radical (unpaired) electrons. The number of carboxylic acid groups (broad SMARTS) is 1. The summed E-state index contributed by atoms with van der Waals surface area (Å²) in [5.74, 6) is -0.966. The maximum Gasteiger partial charge on any atom is 0.310 e. The molecule has 0 saturated carbocycles. The topological polar surface area (TPSA) is 87.6 Å². The van der Waals surface area contributed by atoms with Crippen molar-refractivity contribution >= 4 is 16.0 Å². The van der Waals surface area contributed by atoms with Gasteiger partial charge in [0.25, 0.3) is 0 Å². The Morgan fingerprint density at radius 2 is 2.16 bits per heavy atom. The molecule has 1 aliphatic rings. The van der Waals surface area contributed by atoms with E-state index in [1.54, 1.807) is 19.9 Å². The van der Waals surface area contributed by atoms with Crippen molar-refractivity contribution in [2.75, 3.05) is 13.1 Å². The first kappa shape index (κ1) is 14.0. The molecule has 2 rings (SSSR count). The molecule has 1 saturated heterocycles. The maximum atomic E-state index is 12.3. The Kier molecular flexibility index (Phi) is 3.36. The fourth-order valence-corrected chi connectivity index (χ4v) is 3.57. The van der Waals surface area contributed by atoms with Crippen LogP contribution in [-0.4, -0.2) is 41.9 Å². The first-order valence-electron chi connectivity index (χ1n) is 5.92. The van der Waals surface area contributed by atoms with Crippen LogP contribution in [0.1, 0.15) is 19.0 Å². The van der Waals surface area contributed by atoms with Gasteiger partial charge in [-0.3, -0.25) is 9.78 Å². The first-order valence-corrected chi connectivity index (χ1v) is 7.36. The Balaban J connectivity index is 2.28. The van der Waals surface area contributed by atoms with Gasteiger partial charge in [-0.1, -0.05) is 0 Å². The SMILES string of the molecule is Cc1ccc(S(=O)(=O)N2CCC(C)(C(=O)O)C2)cn1. The number of carboxylic acids is 1. The van der Waals surface area contributed by atoms with Crippen LogP contribution in [0, 0.1) is 12.3 Å². The van der Waals surface area contributed by atoms with Crippen molar-refractivity contribution in [1.82, 2.24) is 9.29 Å². The van der Waals surface area contributed by atoms with Gasteiger partial charge in [0.1, 0.15) is 4.90 Å². The van der Waals surface area contributed by atoms with Crippen LogP contribution in [-0.2, 0) is 14.8 Å². The van der Waals surface area contributed by atoms with Gasteiger partial charge in [0.15, 0.2) is 0 Å². The van der Waals surface area contributed by atoms with Crippen molar-refractivity contribution in [3.05, 3.63) is 24.0 Å². The van der Waals surface area contributed by atoms with Crippen molar-refractivity contribution in [2.45, 2.75) is 25.2 Å². The summed E-state index contributed by atoms with van der Waals surface area (Å²) >= 11 is 0. The highest BCUT2D eigenvalue weighted by Crippen LogP contribution is 2.33. The van der Waals surface area contributed by atoms with Gasteiger partial charge in [0.2, 0.25) is 10.0 Å². The molecule has 104 valence electrons. The summed E-state index contributed by atoms with van der Waals surface area (Å²) in [6.07, 6.45) is 1.63. The summed E-state index contributed by atoms with van der Waals surface area (Å²) in [5.41, 5.74) is -0.277. The Labute approximate surface area is 112 Å². The van der Waals surface area contributed by atoms with Crippen LogP contribution in [0.5, 0.6) is 0 Å². The van der Waals surface area contributed by atoms with Crippen molar-refractivity contribution < 1.29 is 18.3 Å². The van der Waals surface area contributed by atoms with Gasteiger partial charge in [-0.05, 0) is 32.4 Å². The molecule has 19 heavy (non-hydrogen) atoms. The average Bonchev–Trinajstić information content (AvgIpc) is 2.75. The Morgan fingerprint density at radius 3 is 2.63 bits per heavy atom. The van der Waals surface area contributed by atoms with Crippen LogP contribution >= 0.6 is 0 Å². The lowest BCUT2D eigenvalue weighted by Gasteiger charge is -2.19. The number of carbonyl (C=O) groups is 1. The molecule has 0 aliphatic carbocycles. The number of aryl methyl sites for hydroxylation is 1. The van der Waals surface area contributed by atoms with Crippen LogP contribution in [0.3, 0.4) is 0 Å². The molecule has 1 aliphatic heterocycles. The van der Waals surface area contributed by atoms with Gasteiger partial charge in [-0.2, -0.15) is 4.31 Å². The summed E-state index contributed by atoms with van der Waals surface area (Å²) in [4.78, 5) is 15.2. The van der Waals surface area contributed by atoms with Gasteiger partial charge in [0, 0.05) is 25.0 Å². The normalized spacial score (nSPS) is 24.5. The summed E-state index contributed by atoms with van der Waals surface area (Å²) in [7, 11) is -3.65. The fraction of sp³-hybridized carbons (Fsp3) is 0.500. The monoisotopic (exact) mass is 284 g/mol. The van der Waals surface area contributed by atoms with E-state index in [1.807, 2.05) is 0 Å². The Hall–Kier alpha value is -1.47. The van der Waals surface area contributed by atoms with E-state index >= 15 is 0 Å². The Bertz CT molecular complexity index is 597. The molecule has 6 nitrogen and oxygen atoms in total. The second kappa shape index (κ2) is 4.57. The number of sulfonamides is 1. The van der Waals surface area contributed by atoms with Gasteiger partial charge in [-0.15, -0.1) is 0 Å². The third-order valence-corrected chi connectivity index (χ3v) is 5.31. The van der Waals surface area contributed by atoms with Crippen LogP contribution in [0.4, 0.5) is 0 Å². The molecule has 2 heterocycles. The standard InChI is InChI=1S/C12H16N2O4S/c1-9-3-4-10(7-13-9)19(17,18)14-6-5-12(2,8-14)11(15)16/h3-4,7H,5-6,8H2,1-2H3,(H,15,16). The van der Waals surface area contributed by atoms with Crippen molar-refractivity contribution in [2.24, 2.45) is 5.41 Å². The number of aromatic nitrogens is 1. The van der Waals surface area contributed by atoms with E-state index in [1.165, 1.54) is 16.6 Å². The van der Waals surface area contributed by atoms with E-state index in [-0.39, 0.29) is 18.0 Å². The number of rotatable bonds is 3. The molecule has 1 atom stereocenters. The highest BCUT2D eigenvalue weighted by Gasteiger charge is 2.44. The van der Waals surface area contributed by atoms with Crippen molar-refractivity contribution in [1.29, 1.82) is 0 Å². The van der Waals surface area contributed by atoms with Gasteiger partial charge in [-0.25, -0.2) is 8.42 Å². The van der Waals surface area contributed by atoms with E-state index < -0.39 is 21.4 Å². The van der Waals surface area contributed by atoms with Crippen LogP contribution in [0.25, 0.3) is 0 Å². The van der Waals surface area contributed by atoms with E-state index in [0.29, 0.717) is 6.42 Å². The third kappa shape index (κ3) is 2.48. The number of nitrogens with zero attached hydrogens (tertiary/aromatic N) is 2. The highest BCUT2D eigenvalue weighted by atomic mass is 32.2. The van der Waals surface area contributed by atoms with Gasteiger partial charge in [0.05, 0.1) is 5.41 Å². The minimum Gasteiger partial charge on any atom is -0.481 e. The van der Waals surface area contributed by atoms with E-state index in [2.05, 4.69) is 4.98 Å². The van der Waals surface area contributed by atoms with Crippen molar-refractivity contribution in [3.8, 4) is 0 Å². The molecular formula is C12H16N2O4S. The summed E-state index contributed by atoms with van der Waals surface area (Å²) < 4.78 is 25.9. The predicted octanol–water partition coefficient (Wildman–Crippen LogP) is 0.875. The van der Waals surface area contributed by atoms with Gasteiger partial charge < -0.3 is 5.11 Å². The lowest BCUT2D eigenvalue weighted by Crippen LogP contribution is -2.34. The van der Waals surface area contributed by atoms with Crippen molar-refractivity contribution in [3.63, 3.8) is 0 Å². The molecule has 0 spiro atoms. The fourth-order valence-electron chi connectivity index (χ4n) is 2.05. The smallest absolute Gasteiger partial charge is 0.310 e. The van der Waals surface area contributed by atoms with Crippen LogP contribution in [0.15, 0.2) is 23.2 Å². The quantitative estimate of drug-likeness (QED) is 0.890. The summed E-state index contributed by atoms with van der Waals surface area (Å²) in [6, 6.07) is 3.12. The van der Waals surface area contributed by atoms with E-state index in [4.69, 9.17) is 5.11 Å². The molecule has 1 aromatic heterocycles. The number of hydrogen-bond donors (Lipinski definition) is 1. The third-order valence-electron chi connectivity index (χ3n) is 3.48. The number of hydrogen-bond acceptors (Lipinski definition) is 4. The Morgan fingerprint density at radius 1 is 1.47 bits per heavy atom. The van der Waals surface area contributed by atoms with E-state index in [0.717, 1.165) is 5.69 Å².